The summed E-state index contributed by atoms with van der Waals surface area (Å²) in [6, 6.07) is 33.2. The van der Waals surface area contributed by atoms with Gasteiger partial charge in [0.1, 0.15) is 5.75 Å². The minimum atomic E-state index is -1.35. The third-order valence-corrected chi connectivity index (χ3v) is 7.77. The Morgan fingerprint density at radius 3 is 2.31 bits per heavy atom. The molecule has 9 heteroatoms. The molecule has 1 heterocycles. The number of carbonyl (C=O) groups excluding carboxylic acids is 1. The Morgan fingerprint density at radius 2 is 1.62 bits per heavy atom. The molecule has 0 aromatic heterocycles. The number of rotatable bonds is 14. The maximum absolute atomic E-state index is 14.3. The Bertz CT molecular complexity index is 1650. The second-order valence-corrected chi connectivity index (χ2v) is 10.9. The number of benzene rings is 4. The Hall–Kier alpha value is -5.11. The van der Waals surface area contributed by atoms with Crippen LogP contribution >= 0.6 is 0 Å². The molecule has 230 valence electrons. The van der Waals surface area contributed by atoms with E-state index >= 15 is 0 Å². The van der Waals surface area contributed by atoms with Crippen LogP contribution in [0.2, 0.25) is 0 Å². The van der Waals surface area contributed by atoms with Gasteiger partial charge in [-0.15, -0.1) is 0 Å². The van der Waals surface area contributed by atoms with Gasteiger partial charge in [0.2, 0.25) is 5.90 Å². The van der Waals surface area contributed by atoms with E-state index in [0.29, 0.717) is 36.8 Å². The normalized spacial score (nSPS) is 17.1. The zero-order valence-corrected chi connectivity index (χ0v) is 25.3. The summed E-state index contributed by atoms with van der Waals surface area (Å²) in [5.41, 5.74) is 13.0. The van der Waals surface area contributed by atoms with Crippen LogP contribution < -0.4 is 10.1 Å². The van der Waals surface area contributed by atoms with Crippen LogP contribution in [0.15, 0.2) is 113 Å². The summed E-state index contributed by atoms with van der Waals surface area (Å²) in [4.78, 5) is 22.3. The van der Waals surface area contributed by atoms with Gasteiger partial charge in [-0.1, -0.05) is 90.9 Å². The van der Waals surface area contributed by atoms with Crippen LogP contribution in [0.25, 0.3) is 21.6 Å². The average Bonchev–Trinajstić information content (AvgIpc) is 3.48. The molecule has 0 fully saturated rings. The number of nitrogens with zero attached hydrogens (tertiary/aromatic N) is 4. The summed E-state index contributed by atoms with van der Waals surface area (Å²) >= 11 is 0. The number of aliphatic hydroxyl groups excluding tert-OH is 1. The molecule has 5 rings (SSSR count). The molecule has 0 saturated carbocycles. The van der Waals surface area contributed by atoms with Crippen molar-refractivity contribution in [3.63, 3.8) is 0 Å². The molecule has 1 aliphatic heterocycles. The highest BCUT2D eigenvalue weighted by Crippen LogP contribution is 2.43. The molecule has 0 aliphatic carbocycles. The number of aliphatic hydroxyl groups is 1. The van der Waals surface area contributed by atoms with E-state index in [1.54, 1.807) is 0 Å². The summed E-state index contributed by atoms with van der Waals surface area (Å²) in [6.07, 6.45) is 0.804. The summed E-state index contributed by atoms with van der Waals surface area (Å²) in [5.74, 6) is 0.782. The summed E-state index contributed by atoms with van der Waals surface area (Å²) in [6.45, 7) is 3.12. The number of hydrogen-bond donors (Lipinski definition) is 2. The topological polar surface area (TPSA) is 129 Å². The number of hydrogen-bond acceptors (Lipinski definition) is 6. The Balaban J connectivity index is 1.59. The second-order valence-electron chi connectivity index (χ2n) is 10.9. The minimum Gasteiger partial charge on any atom is -0.494 e. The number of carbonyl (C=O) groups is 1. The molecule has 0 bridgehead atoms. The van der Waals surface area contributed by atoms with Crippen molar-refractivity contribution in [1.29, 1.82) is 0 Å². The van der Waals surface area contributed by atoms with Crippen LogP contribution in [0.1, 0.15) is 48.1 Å². The monoisotopic (exact) mass is 603 g/mol. The van der Waals surface area contributed by atoms with Crippen LogP contribution in [-0.4, -0.2) is 42.2 Å². The van der Waals surface area contributed by atoms with E-state index in [4.69, 9.17) is 25.1 Å². The van der Waals surface area contributed by atoms with E-state index < -0.39 is 11.6 Å². The maximum atomic E-state index is 14.3. The third kappa shape index (κ3) is 7.34. The van der Waals surface area contributed by atoms with Gasteiger partial charge in [0.25, 0.3) is 5.91 Å². The van der Waals surface area contributed by atoms with Crippen molar-refractivity contribution >= 4 is 11.8 Å². The lowest BCUT2D eigenvalue weighted by atomic mass is 9.80. The molecule has 0 radical (unpaired) electrons. The van der Waals surface area contributed by atoms with Crippen molar-refractivity contribution in [3.05, 3.63) is 136 Å². The molecule has 0 spiro atoms. The van der Waals surface area contributed by atoms with E-state index in [1.807, 2.05) is 97.9 Å². The average molecular weight is 604 g/mol. The number of amides is 1. The van der Waals surface area contributed by atoms with E-state index in [1.165, 1.54) is 0 Å². The van der Waals surface area contributed by atoms with Gasteiger partial charge in [0, 0.05) is 36.5 Å². The van der Waals surface area contributed by atoms with Gasteiger partial charge in [-0.05, 0) is 64.0 Å². The zero-order valence-electron chi connectivity index (χ0n) is 25.3. The largest absolute Gasteiger partial charge is 0.494 e. The Morgan fingerprint density at radius 1 is 0.956 bits per heavy atom. The van der Waals surface area contributed by atoms with Gasteiger partial charge in [-0.2, -0.15) is 0 Å². The van der Waals surface area contributed by atoms with E-state index in [9.17, 15) is 4.79 Å². The van der Waals surface area contributed by atoms with Crippen molar-refractivity contribution in [2.45, 2.75) is 44.4 Å². The predicted molar refractivity (Wildman–Crippen MR) is 175 cm³/mol. The molecule has 2 N–H and O–H groups in total. The number of azide groups is 1. The van der Waals surface area contributed by atoms with E-state index in [0.717, 1.165) is 34.2 Å². The molecular formula is C36H37N5O4. The first-order valence-corrected chi connectivity index (χ1v) is 15.2. The number of aliphatic imine (C=N–C) groups is 1. The van der Waals surface area contributed by atoms with Gasteiger partial charge < -0.3 is 19.9 Å². The summed E-state index contributed by atoms with van der Waals surface area (Å²) < 4.78 is 12.4. The molecule has 4 aromatic carbocycles. The Kier molecular flexibility index (Phi) is 10.5. The fraction of sp³-hybridized carbons (Fsp3) is 0.278. The highest BCUT2D eigenvalue weighted by atomic mass is 16.5. The smallest absolute Gasteiger partial charge is 0.252 e. The molecule has 1 amide bonds. The molecule has 0 saturated heterocycles. The highest BCUT2D eigenvalue weighted by Gasteiger charge is 2.53. The van der Waals surface area contributed by atoms with Gasteiger partial charge in [-0.25, -0.2) is 4.99 Å². The SMILES string of the molecule is CCCNC(=O)[C@]1(Cc2ccccc2CN=[N+]=[N-])N=C(c2ccc(OCCCO)cc2)O[C@@H]1c1ccc(-c2ccccc2)cc1. The molecule has 4 aromatic rings. The summed E-state index contributed by atoms with van der Waals surface area (Å²) in [5, 5.41) is 16.0. The summed E-state index contributed by atoms with van der Waals surface area (Å²) in [7, 11) is 0. The fourth-order valence-electron chi connectivity index (χ4n) is 5.44. The molecule has 0 unspecified atom stereocenters. The third-order valence-electron chi connectivity index (χ3n) is 7.77. The molecule has 1 aliphatic rings. The first kappa shape index (κ1) is 31.3. The van der Waals surface area contributed by atoms with Crippen molar-refractivity contribution < 1.29 is 19.4 Å². The zero-order chi connectivity index (χ0) is 31.5. The van der Waals surface area contributed by atoms with Crippen LogP contribution in [0.3, 0.4) is 0 Å². The number of nitrogens with one attached hydrogen (secondary N) is 1. The standard InChI is InChI=1S/C36H37N5O4/c1-2-21-38-35(43)36(24-30-11-6-7-12-31(30)25-39-41-37)33(28-15-13-27(14-16-28)26-9-4-3-5-10-26)45-34(40-36)29-17-19-32(20-18-29)44-23-8-22-42/h3-7,9-20,33,42H,2,8,21-25H2,1H3,(H,38,43)/t33-,36-/m1/s1. The fourth-order valence-corrected chi connectivity index (χ4v) is 5.44. The van der Waals surface area contributed by atoms with Crippen molar-refractivity contribution in [2.24, 2.45) is 10.1 Å². The van der Waals surface area contributed by atoms with Crippen molar-refractivity contribution in [2.75, 3.05) is 19.8 Å². The highest BCUT2D eigenvalue weighted by molar-refractivity contribution is 6.01. The first-order valence-electron chi connectivity index (χ1n) is 15.2. The second kappa shape index (κ2) is 15.1. The van der Waals surface area contributed by atoms with Gasteiger partial charge in [0.15, 0.2) is 11.6 Å². The molecule has 2 atom stereocenters. The van der Waals surface area contributed by atoms with Crippen molar-refractivity contribution in [3.8, 4) is 16.9 Å². The lowest BCUT2D eigenvalue weighted by Gasteiger charge is -2.31. The van der Waals surface area contributed by atoms with Crippen LogP contribution in [0.4, 0.5) is 0 Å². The lowest BCUT2D eigenvalue weighted by molar-refractivity contribution is -0.128. The molecular weight excluding hydrogens is 566 g/mol. The maximum Gasteiger partial charge on any atom is 0.252 e. The van der Waals surface area contributed by atoms with Gasteiger partial charge in [0.05, 0.1) is 13.2 Å². The first-order chi connectivity index (χ1) is 22.1. The van der Waals surface area contributed by atoms with Crippen molar-refractivity contribution in [1.82, 2.24) is 5.32 Å². The van der Waals surface area contributed by atoms with Crippen LogP contribution in [0, 0.1) is 0 Å². The quantitative estimate of drug-likeness (QED) is 0.0699. The number of ether oxygens (including phenoxy) is 2. The van der Waals surface area contributed by atoms with E-state index in [-0.39, 0.29) is 25.5 Å². The predicted octanol–water partition coefficient (Wildman–Crippen LogP) is 6.95. The molecule has 45 heavy (non-hydrogen) atoms. The molecule has 9 nitrogen and oxygen atoms in total. The lowest BCUT2D eigenvalue weighted by Crippen LogP contribution is -2.50. The van der Waals surface area contributed by atoms with Gasteiger partial charge in [-0.3, -0.25) is 4.79 Å². The van der Waals surface area contributed by atoms with Crippen LogP contribution in [-0.2, 0) is 22.5 Å². The van der Waals surface area contributed by atoms with Crippen LogP contribution in [0.5, 0.6) is 5.75 Å². The minimum absolute atomic E-state index is 0.0601. The van der Waals surface area contributed by atoms with E-state index in [2.05, 4.69) is 27.5 Å². The van der Waals surface area contributed by atoms with Gasteiger partial charge >= 0.3 is 0 Å². The Labute approximate surface area is 263 Å².